The molecular formula is C28H23F6NO2. The lowest BCUT2D eigenvalue weighted by molar-refractivity contribution is -0.143. The van der Waals surface area contributed by atoms with Crippen LogP contribution in [0.5, 0.6) is 0 Å². The molecular weight excluding hydrogens is 496 g/mol. The molecule has 0 bridgehead atoms. The molecule has 0 radical (unpaired) electrons. The van der Waals surface area contributed by atoms with Crippen LogP contribution in [0.4, 0.5) is 26.3 Å². The topological polar surface area (TPSA) is 49.7 Å². The smallest absolute Gasteiger partial charge is 0.416 e. The molecule has 0 amide bonds. The van der Waals surface area contributed by atoms with Crippen LogP contribution >= 0.6 is 0 Å². The molecule has 0 saturated carbocycles. The van der Waals surface area contributed by atoms with Gasteiger partial charge < -0.3 is 5.11 Å². The van der Waals surface area contributed by atoms with Crippen LogP contribution in [0.15, 0.2) is 65.7 Å². The first-order valence-corrected chi connectivity index (χ1v) is 11.5. The molecule has 0 aliphatic carbocycles. The largest absolute Gasteiger partial charge is 0.481 e. The number of benzene rings is 3. The predicted octanol–water partition coefficient (Wildman–Crippen LogP) is 8.08. The summed E-state index contributed by atoms with van der Waals surface area (Å²) in [5.41, 5.74) is 0.0474. The minimum atomic E-state index is -5.00. The SMILES string of the molecule is CC(C)CC(C(=O)O)c1cc(-c2cccc(C3=NC3)c2)cc(-c2cc(C(F)(F)F)cc(C(F)(F)F)c2)c1. The number of aliphatic imine (C=N–C) groups is 1. The highest BCUT2D eigenvalue weighted by molar-refractivity contribution is 6.10. The molecule has 194 valence electrons. The first kappa shape index (κ1) is 26.4. The van der Waals surface area contributed by atoms with Gasteiger partial charge in [0.2, 0.25) is 0 Å². The monoisotopic (exact) mass is 519 g/mol. The molecule has 0 fully saturated rings. The van der Waals surface area contributed by atoms with Gasteiger partial charge in [-0.3, -0.25) is 9.79 Å². The average Bonchev–Trinajstić information content (AvgIpc) is 3.66. The fraction of sp³-hybridized carbons (Fsp3) is 0.286. The Morgan fingerprint density at radius 1 is 0.811 bits per heavy atom. The maximum atomic E-state index is 13.5. The number of nitrogens with zero attached hydrogens (tertiary/aromatic N) is 1. The molecule has 0 saturated heterocycles. The van der Waals surface area contributed by atoms with Gasteiger partial charge in [0, 0.05) is 0 Å². The Balaban J connectivity index is 1.96. The number of hydrogen-bond acceptors (Lipinski definition) is 2. The maximum Gasteiger partial charge on any atom is 0.416 e. The molecule has 3 nitrogen and oxygen atoms in total. The number of aliphatic carboxylic acids is 1. The summed E-state index contributed by atoms with van der Waals surface area (Å²) in [6, 6.07) is 13.1. The van der Waals surface area contributed by atoms with Gasteiger partial charge in [0.1, 0.15) is 0 Å². The Kier molecular flexibility index (Phi) is 6.92. The first-order chi connectivity index (χ1) is 17.2. The van der Waals surface area contributed by atoms with Gasteiger partial charge in [0.15, 0.2) is 0 Å². The van der Waals surface area contributed by atoms with Crippen molar-refractivity contribution >= 4 is 11.7 Å². The molecule has 1 N–H and O–H groups in total. The van der Waals surface area contributed by atoms with Gasteiger partial charge in [0.05, 0.1) is 29.3 Å². The molecule has 1 heterocycles. The van der Waals surface area contributed by atoms with E-state index in [-0.39, 0.29) is 29.5 Å². The number of halogens is 6. The van der Waals surface area contributed by atoms with Crippen molar-refractivity contribution in [2.45, 2.75) is 38.5 Å². The minimum Gasteiger partial charge on any atom is -0.481 e. The van der Waals surface area contributed by atoms with Crippen molar-refractivity contribution in [1.82, 2.24) is 0 Å². The second-order valence-electron chi connectivity index (χ2n) is 9.50. The van der Waals surface area contributed by atoms with Crippen LogP contribution in [0.3, 0.4) is 0 Å². The van der Waals surface area contributed by atoms with E-state index in [2.05, 4.69) is 4.99 Å². The molecule has 1 atom stereocenters. The van der Waals surface area contributed by atoms with E-state index in [9.17, 15) is 36.2 Å². The molecule has 1 aliphatic rings. The molecule has 4 rings (SSSR count). The van der Waals surface area contributed by atoms with E-state index in [1.165, 1.54) is 12.1 Å². The number of carboxylic acid groups (broad SMARTS) is 1. The highest BCUT2D eigenvalue weighted by Gasteiger charge is 2.37. The van der Waals surface area contributed by atoms with E-state index in [1.54, 1.807) is 18.2 Å². The summed E-state index contributed by atoms with van der Waals surface area (Å²) in [6.45, 7) is 4.26. The summed E-state index contributed by atoms with van der Waals surface area (Å²) < 4.78 is 81.1. The van der Waals surface area contributed by atoms with Crippen molar-refractivity contribution in [3.8, 4) is 22.3 Å². The third-order valence-electron chi connectivity index (χ3n) is 6.13. The van der Waals surface area contributed by atoms with E-state index in [0.717, 1.165) is 11.3 Å². The number of rotatable bonds is 7. The predicted molar refractivity (Wildman–Crippen MR) is 129 cm³/mol. The third-order valence-corrected chi connectivity index (χ3v) is 6.13. The standard InChI is InChI=1S/C28H23F6NO2/c1-15(2)6-24(26(36)37)21-9-18(16-4-3-5-17(7-16)25-14-35-25)8-19(10-21)20-11-22(27(29,30)31)13-23(12-20)28(32,33)34/h3-5,7-13,15,24H,6,14H2,1-2H3,(H,36,37). The molecule has 3 aromatic carbocycles. The molecule has 9 heteroatoms. The van der Waals surface area contributed by atoms with Gasteiger partial charge in [-0.2, -0.15) is 26.3 Å². The quantitative estimate of drug-likeness (QED) is 0.321. The Morgan fingerprint density at radius 2 is 1.30 bits per heavy atom. The van der Waals surface area contributed by atoms with Crippen molar-refractivity contribution in [1.29, 1.82) is 0 Å². The summed E-state index contributed by atoms with van der Waals surface area (Å²) in [5.74, 6) is -2.14. The normalized spacial score (nSPS) is 14.5. The fourth-order valence-corrected chi connectivity index (χ4v) is 4.26. The zero-order valence-electron chi connectivity index (χ0n) is 19.9. The molecule has 37 heavy (non-hydrogen) atoms. The summed E-state index contributed by atoms with van der Waals surface area (Å²) in [4.78, 5) is 16.3. The van der Waals surface area contributed by atoms with Crippen LogP contribution in [-0.2, 0) is 17.1 Å². The molecule has 3 aromatic rings. The Morgan fingerprint density at radius 3 is 1.78 bits per heavy atom. The first-order valence-electron chi connectivity index (χ1n) is 11.5. The molecule has 1 unspecified atom stereocenters. The van der Waals surface area contributed by atoms with E-state index in [0.29, 0.717) is 35.4 Å². The molecule has 0 aromatic heterocycles. The van der Waals surface area contributed by atoms with Gasteiger partial charge in [0.25, 0.3) is 0 Å². The molecule has 1 aliphatic heterocycles. The second-order valence-corrected chi connectivity index (χ2v) is 9.50. The van der Waals surface area contributed by atoms with Crippen LogP contribution in [0.25, 0.3) is 22.3 Å². The van der Waals surface area contributed by atoms with Crippen LogP contribution in [-0.4, -0.2) is 23.3 Å². The minimum absolute atomic E-state index is 0.0187. The Hall–Kier alpha value is -3.62. The van der Waals surface area contributed by atoms with Crippen molar-refractivity contribution in [2.24, 2.45) is 10.9 Å². The van der Waals surface area contributed by atoms with Crippen molar-refractivity contribution in [3.63, 3.8) is 0 Å². The third kappa shape index (κ3) is 6.21. The number of carbonyl (C=O) groups is 1. The van der Waals surface area contributed by atoms with Gasteiger partial charge in [-0.05, 0) is 76.1 Å². The lowest BCUT2D eigenvalue weighted by Crippen LogP contribution is -2.14. The van der Waals surface area contributed by atoms with E-state index >= 15 is 0 Å². The fourth-order valence-electron chi connectivity index (χ4n) is 4.26. The number of alkyl halides is 6. The Labute approximate surface area is 209 Å². The maximum absolute atomic E-state index is 13.5. The van der Waals surface area contributed by atoms with E-state index in [4.69, 9.17) is 0 Å². The zero-order valence-corrected chi connectivity index (χ0v) is 19.9. The van der Waals surface area contributed by atoms with Crippen LogP contribution < -0.4 is 0 Å². The lowest BCUT2D eigenvalue weighted by Gasteiger charge is -2.19. The number of carboxylic acids is 1. The summed E-state index contributed by atoms with van der Waals surface area (Å²) >= 11 is 0. The Bertz CT molecular complexity index is 1340. The lowest BCUT2D eigenvalue weighted by atomic mass is 9.85. The highest BCUT2D eigenvalue weighted by Crippen LogP contribution is 2.40. The van der Waals surface area contributed by atoms with Gasteiger partial charge >= 0.3 is 18.3 Å². The van der Waals surface area contributed by atoms with Crippen molar-refractivity contribution in [3.05, 3.63) is 82.9 Å². The van der Waals surface area contributed by atoms with Crippen molar-refractivity contribution in [2.75, 3.05) is 6.54 Å². The highest BCUT2D eigenvalue weighted by atomic mass is 19.4. The van der Waals surface area contributed by atoms with Crippen LogP contribution in [0.2, 0.25) is 0 Å². The summed E-state index contributed by atoms with van der Waals surface area (Å²) in [5, 5.41) is 9.91. The van der Waals surface area contributed by atoms with E-state index < -0.39 is 35.4 Å². The summed E-state index contributed by atoms with van der Waals surface area (Å²) in [6.07, 6.45) is -9.76. The van der Waals surface area contributed by atoms with Crippen LogP contribution in [0, 0.1) is 5.92 Å². The zero-order chi connectivity index (χ0) is 27.1. The van der Waals surface area contributed by atoms with Gasteiger partial charge in [-0.15, -0.1) is 0 Å². The van der Waals surface area contributed by atoms with Gasteiger partial charge in [-0.25, -0.2) is 0 Å². The molecule has 0 spiro atoms. The van der Waals surface area contributed by atoms with Gasteiger partial charge in [-0.1, -0.05) is 44.2 Å². The van der Waals surface area contributed by atoms with Crippen LogP contribution in [0.1, 0.15) is 48.4 Å². The van der Waals surface area contributed by atoms with E-state index in [1.807, 2.05) is 26.0 Å². The average molecular weight is 519 g/mol. The second kappa shape index (κ2) is 9.68. The number of hydrogen-bond donors (Lipinski definition) is 1. The summed E-state index contributed by atoms with van der Waals surface area (Å²) in [7, 11) is 0. The van der Waals surface area contributed by atoms with Crippen molar-refractivity contribution < 1.29 is 36.2 Å².